The van der Waals surface area contributed by atoms with Crippen molar-refractivity contribution >= 4 is 21.6 Å². The Morgan fingerprint density at radius 2 is 1.72 bits per heavy atom. The number of hydrogen-bond acceptors (Lipinski definition) is 2. The van der Waals surface area contributed by atoms with Crippen molar-refractivity contribution in [1.29, 1.82) is 0 Å². The zero-order valence-electron chi connectivity index (χ0n) is 11.2. The van der Waals surface area contributed by atoms with Gasteiger partial charge in [0, 0.05) is 19.5 Å². The van der Waals surface area contributed by atoms with Gasteiger partial charge in [-0.1, -0.05) is 19.1 Å². The first kappa shape index (κ1) is 15.5. The molecule has 0 bridgehead atoms. The van der Waals surface area contributed by atoms with Crippen molar-refractivity contribution in [1.82, 2.24) is 4.31 Å². The van der Waals surface area contributed by atoms with Crippen LogP contribution in [0.4, 0.5) is 0 Å². The Balaban J connectivity index is 3.07. The standard InChI is InChI=1S/C13H20ClNO2S/c1-5-13(10(2)14)11-6-8-12(9-7-11)18(16,17)15(3)4/h6-10,13H,5H2,1-4H3. The molecule has 0 aliphatic heterocycles. The third-order valence-corrected chi connectivity index (χ3v) is 5.21. The highest BCUT2D eigenvalue weighted by Gasteiger charge is 2.19. The quantitative estimate of drug-likeness (QED) is 0.781. The Morgan fingerprint density at radius 3 is 2.06 bits per heavy atom. The van der Waals surface area contributed by atoms with Crippen LogP contribution in [0, 0.1) is 0 Å². The molecule has 3 nitrogen and oxygen atoms in total. The van der Waals surface area contributed by atoms with Gasteiger partial charge in [0.25, 0.3) is 0 Å². The van der Waals surface area contributed by atoms with E-state index in [1.165, 1.54) is 18.4 Å². The van der Waals surface area contributed by atoms with E-state index in [1.54, 1.807) is 12.1 Å². The van der Waals surface area contributed by atoms with E-state index in [2.05, 4.69) is 6.92 Å². The molecule has 0 aromatic heterocycles. The van der Waals surface area contributed by atoms with Gasteiger partial charge in [0.05, 0.1) is 4.90 Å². The second-order valence-electron chi connectivity index (χ2n) is 4.55. The molecular formula is C13H20ClNO2S. The van der Waals surface area contributed by atoms with E-state index < -0.39 is 10.0 Å². The summed E-state index contributed by atoms with van der Waals surface area (Å²) in [5.41, 5.74) is 1.08. The molecule has 2 unspecified atom stereocenters. The third-order valence-electron chi connectivity index (χ3n) is 3.08. The second-order valence-corrected chi connectivity index (χ2v) is 7.39. The highest BCUT2D eigenvalue weighted by molar-refractivity contribution is 7.89. The van der Waals surface area contributed by atoms with E-state index in [1.807, 2.05) is 19.1 Å². The largest absolute Gasteiger partial charge is 0.242 e. The van der Waals surface area contributed by atoms with Crippen molar-refractivity contribution in [3.05, 3.63) is 29.8 Å². The normalized spacial score (nSPS) is 15.7. The summed E-state index contributed by atoms with van der Waals surface area (Å²) in [6.07, 6.45) is 0.935. The fourth-order valence-electron chi connectivity index (χ4n) is 1.92. The number of hydrogen-bond donors (Lipinski definition) is 0. The van der Waals surface area contributed by atoms with Crippen LogP contribution in [-0.4, -0.2) is 32.2 Å². The summed E-state index contributed by atoms with van der Waals surface area (Å²) in [7, 11) is -0.293. The van der Waals surface area contributed by atoms with E-state index in [0.29, 0.717) is 4.90 Å². The van der Waals surface area contributed by atoms with Crippen LogP contribution in [0.2, 0.25) is 0 Å². The van der Waals surface area contributed by atoms with Crippen LogP contribution >= 0.6 is 11.6 Å². The average Bonchev–Trinajstić information content (AvgIpc) is 2.30. The Hall–Kier alpha value is -0.580. The van der Waals surface area contributed by atoms with E-state index in [-0.39, 0.29) is 11.3 Å². The van der Waals surface area contributed by atoms with Crippen molar-refractivity contribution in [2.24, 2.45) is 0 Å². The first-order chi connectivity index (χ1) is 8.30. The minimum absolute atomic E-state index is 0.0336. The lowest BCUT2D eigenvalue weighted by Crippen LogP contribution is -2.22. The van der Waals surface area contributed by atoms with Crippen LogP contribution in [0.5, 0.6) is 0 Å². The van der Waals surface area contributed by atoms with Crippen LogP contribution in [0.25, 0.3) is 0 Å². The summed E-state index contributed by atoms with van der Waals surface area (Å²) in [6.45, 7) is 4.04. The van der Waals surface area contributed by atoms with Crippen molar-refractivity contribution in [3.63, 3.8) is 0 Å². The highest BCUT2D eigenvalue weighted by Crippen LogP contribution is 2.27. The molecule has 0 fully saturated rings. The van der Waals surface area contributed by atoms with Gasteiger partial charge in [-0.25, -0.2) is 12.7 Å². The van der Waals surface area contributed by atoms with Crippen molar-refractivity contribution in [2.75, 3.05) is 14.1 Å². The molecule has 1 rings (SSSR count). The second kappa shape index (κ2) is 6.04. The zero-order valence-corrected chi connectivity index (χ0v) is 12.8. The summed E-state index contributed by atoms with van der Waals surface area (Å²) < 4.78 is 25.0. The molecular weight excluding hydrogens is 270 g/mol. The predicted octanol–water partition coefficient (Wildman–Crippen LogP) is 3.06. The summed E-state index contributed by atoms with van der Waals surface area (Å²) in [4.78, 5) is 0.313. The van der Waals surface area contributed by atoms with Gasteiger partial charge in [0.15, 0.2) is 0 Å². The number of alkyl halides is 1. The maximum absolute atomic E-state index is 11.9. The molecule has 0 N–H and O–H groups in total. The van der Waals surface area contributed by atoms with Gasteiger partial charge in [-0.05, 0) is 37.0 Å². The SMILES string of the molecule is CCC(c1ccc(S(=O)(=O)N(C)C)cc1)C(C)Cl. The Bertz CT molecular complexity index is 480. The number of benzene rings is 1. The number of sulfonamides is 1. The van der Waals surface area contributed by atoms with Gasteiger partial charge in [-0.15, -0.1) is 11.6 Å². The van der Waals surface area contributed by atoms with Crippen LogP contribution in [0.15, 0.2) is 29.2 Å². The molecule has 0 aliphatic carbocycles. The maximum Gasteiger partial charge on any atom is 0.242 e. The van der Waals surface area contributed by atoms with Crippen LogP contribution < -0.4 is 0 Å². The molecule has 0 saturated heterocycles. The van der Waals surface area contributed by atoms with E-state index >= 15 is 0 Å². The molecule has 18 heavy (non-hydrogen) atoms. The number of nitrogens with zero attached hydrogens (tertiary/aromatic N) is 1. The summed E-state index contributed by atoms with van der Waals surface area (Å²) >= 11 is 6.13. The summed E-state index contributed by atoms with van der Waals surface area (Å²) in [6, 6.07) is 6.99. The zero-order chi connectivity index (χ0) is 13.9. The molecule has 2 atom stereocenters. The first-order valence-corrected chi connectivity index (χ1v) is 7.85. The Kier molecular flexibility index (Phi) is 5.20. The minimum Gasteiger partial charge on any atom is -0.207 e. The van der Waals surface area contributed by atoms with E-state index in [0.717, 1.165) is 12.0 Å². The van der Waals surface area contributed by atoms with Crippen molar-refractivity contribution in [2.45, 2.75) is 36.5 Å². The molecule has 0 spiro atoms. The molecule has 1 aromatic rings. The fraction of sp³-hybridized carbons (Fsp3) is 0.538. The fourth-order valence-corrected chi connectivity index (χ4v) is 3.15. The average molecular weight is 290 g/mol. The third kappa shape index (κ3) is 3.25. The Morgan fingerprint density at radius 1 is 1.22 bits per heavy atom. The highest BCUT2D eigenvalue weighted by atomic mass is 35.5. The van der Waals surface area contributed by atoms with Crippen LogP contribution in [0.3, 0.4) is 0 Å². The summed E-state index contributed by atoms with van der Waals surface area (Å²) in [5.74, 6) is 0.253. The van der Waals surface area contributed by atoms with Gasteiger partial charge in [-0.3, -0.25) is 0 Å². The van der Waals surface area contributed by atoms with Crippen molar-refractivity contribution in [3.8, 4) is 0 Å². The first-order valence-electron chi connectivity index (χ1n) is 5.97. The molecule has 0 radical (unpaired) electrons. The van der Waals surface area contributed by atoms with E-state index in [4.69, 9.17) is 11.6 Å². The molecule has 5 heteroatoms. The smallest absolute Gasteiger partial charge is 0.207 e. The molecule has 0 aliphatic rings. The lowest BCUT2D eigenvalue weighted by Gasteiger charge is -2.18. The molecule has 0 heterocycles. The van der Waals surface area contributed by atoms with Gasteiger partial charge in [-0.2, -0.15) is 0 Å². The Labute approximate surface area is 115 Å². The van der Waals surface area contributed by atoms with Gasteiger partial charge >= 0.3 is 0 Å². The monoisotopic (exact) mass is 289 g/mol. The predicted molar refractivity (Wildman–Crippen MR) is 75.7 cm³/mol. The summed E-state index contributed by atoms with van der Waals surface area (Å²) in [5, 5.41) is 0.0336. The van der Waals surface area contributed by atoms with Gasteiger partial charge in [0.1, 0.15) is 0 Å². The number of halogens is 1. The minimum atomic E-state index is -3.35. The molecule has 102 valence electrons. The molecule has 0 saturated carbocycles. The molecule has 1 aromatic carbocycles. The lowest BCUT2D eigenvalue weighted by molar-refractivity contribution is 0.520. The lowest BCUT2D eigenvalue weighted by atomic mass is 9.94. The van der Waals surface area contributed by atoms with Crippen LogP contribution in [-0.2, 0) is 10.0 Å². The number of rotatable bonds is 5. The molecule has 0 amide bonds. The maximum atomic E-state index is 11.9. The van der Waals surface area contributed by atoms with Crippen molar-refractivity contribution < 1.29 is 8.42 Å². The van der Waals surface area contributed by atoms with Gasteiger partial charge < -0.3 is 0 Å². The van der Waals surface area contributed by atoms with E-state index in [9.17, 15) is 8.42 Å². The van der Waals surface area contributed by atoms with Crippen LogP contribution in [0.1, 0.15) is 31.7 Å². The topological polar surface area (TPSA) is 37.4 Å². The van der Waals surface area contributed by atoms with Gasteiger partial charge in [0.2, 0.25) is 10.0 Å².